The van der Waals surface area contributed by atoms with E-state index in [0.717, 1.165) is 11.1 Å². The van der Waals surface area contributed by atoms with E-state index in [-0.39, 0.29) is 30.9 Å². The summed E-state index contributed by atoms with van der Waals surface area (Å²) in [6, 6.07) is 7.09. The van der Waals surface area contributed by atoms with Crippen molar-refractivity contribution in [2.45, 2.75) is 26.8 Å². The normalized spacial score (nSPS) is 10.8. The molecule has 0 aliphatic carbocycles. The first-order valence-electron chi connectivity index (χ1n) is 8.14. The summed E-state index contributed by atoms with van der Waals surface area (Å²) < 4.78 is 6.42. The molecule has 0 N–H and O–H groups in total. The van der Waals surface area contributed by atoms with E-state index < -0.39 is 5.97 Å². The quantitative estimate of drug-likeness (QED) is 0.492. The lowest BCUT2D eigenvalue weighted by Gasteiger charge is -2.07. The first-order chi connectivity index (χ1) is 12.5. The first kappa shape index (κ1) is 18.0. The van der Waals surface area contributed by atoms with Gasteiger partial charge >= 0.3 is 5.97 Å². The van der Waals surface area contributed by atoms with Gasteiger partial charge in [0, 0.05) is 12.1 Å². The minimum atomic E-state index is -0.528. The number of carbonyl (C=O) groups is 2. The molecule has 6 nitrogen and oxygen atoms in total. The molecule has 134 valence electrons. The van der Waals surface area contributed by atoms with Gasteiger partial charge in [-0.05, 0) is 42.5 Å². The van der Waals surface area contributed by atoms with Crippen LogP contribution >= 0.6 is 11.3 Å². The van der Waals surface area contributed by atoms with Gasteiger partial charge in [0.05, 0.1) is 18.1 Å². The zero-order chi connectivity index (χ0) is 18.7. The molecule has 2 aromatic heterocycles. The van der Waals surface area contributed by atoms with Crippen molar-refractivity contribution in [2.75, 3.05) is 6.61 Å². The number of carbonyl (C=O) groups excluding carboxylic acids is 2. The molecule has 0 atom stereocenters. The Kier molecular flexibility index (Phi) is 5.27. The maximum atomic E-state index is 12.2. The molecule has 0 spiro atoms. The number of ketones is 1. The molecule has 7 heteroatoms. The third-order valence-corrected chi connectivity index (χ3v) is 5.02. The zero-order valence-electron chi connectivity index (χ0n) is 14.5. The number of Topliss-reactive ketones (excluding diaryl/α,β-unsaturated/α-hetero) is 1. The van der Waals surface area contributed by atoms with Crippen LogP contribution in [0, 0.1) is 13.8 Å². The number of hydrogen-bond donors (Lipinski definition) is 0. The number of ether oxygens (including phenoxy) is 1. The van der Waals surface area contributed by atoms with Crippen molar-refractivity contribution in [3.05, 3.63) is 63.0 Å². The fourth-order valence-corrected chi connectivity index (χ4v) is 3.20. The van der Waals surface area contributed by atoms with Gasteiger partial charge in [-0.3, -0.25) is 19.0 Å². The summed E-state index contributed by atoms with van der Waals surface area (Å²) in [5.41, 5.74) is 2.44. The number of rotatable bonds is 6. The topological polar surface area (TPSA) is 78.3 Å². The highest BCUT2D eigenvalue weighted by atomic mass is 32.1. The smallest absolute Gasteiger partial charge is 0.308 e. The standard InChI is InChI=1S/C19H18N2O4S/c1-12-3-4-14(9-13(12)2)16(22)10-25-17(23)5-7-21-11-20-18-15(19(21)24)6-8-26-18/h3-4,6,8-9,11H,5,7,10H2,1-2H3. The minimum Gasteiger partial charge on any atom is -0.457 e. The van der Waals surface area contributed by atoms with Crippen LogP contribution in [0.15, 0.2) is 40.8 Å². The van der Waals surface area contributed by atoms with E-state index in [4.69, 9.17) is 4.74 Å². The van der Waals surface area contributed by atoms with Gasteiger partial charge in [-0.2, -0.15) is 0 Å². The van der Waals surface area contributed by atoms with Gasteiger partial charge in [-0.15, -0.1) is 11.3 Å². The van der Waals surface area contributed by atoms with Crippen LogP contribution in [0.4, 0.5) is 0 Å². The average molecular weight is 370 g/mol. The van der Waals surface area contributed by atoms with Crippen LogP contribution in [0.5, 0.6) is 0 Å². The molecule has 0 saturated heterocycles. The molecule has 0 fully saturated rings. The Morgan fingerprint density at radius 3 is 2.77 bits per heavy atom. The van der Waals surface area contributed by atoms with Crippen molar-refractivity contribution in [3.63, 3.8) is 0 Å². The van der Waals surface area contributed by atoms with E-state index in [1.54, 1.807) is 23.6 Å². The maximum Gasteiger partial charge on any atom is 0.308 e. The molecule has 0 bridgehead atoms. The summed E-state index contributed by atoms with van der Waals surface area (Å²) >= 11 is 1.39. The highest BCUT2D eigenvalue weighted by molar-refractivity contribution is 7.16. The van der Waals surface area contributed by atoms with Gasteiger partial charge in [-0.1, -0.05) is 12.1 Å². The molecule has 0 amide bonds. The van der Waals surface area contributed by atoms with Gasteiger partial charge in [-0.25, -0.2) is 4.98 Å². The van der Waals surface area contributed by atoms with E-state index in [1.807, 2.05) is 19.9 Å². The fraction of sp³-hybridized carbons (Fsp3) is 0.263. The summed E-state index contributed by atoms with van der Waals surface area (Å²) in [6.07, 6.45) is 1.42. The molecule has 0 aliphatic heterocycles. The lowest BCUT2D eigenvalue weighted by atomic mass is 10.0. The van der Waals surface area contributed by atoms with Crippen LogP contribution in [0.1, 0.15) is 27.9 Å². The van der Waals surface area contributed by atoms with Crippen molar-refractivity contribution in [3.8, 4) is 0 Å². The molecular formula is C19H18N2O4S. The monoisotopic (exact) mass is 370 g/mol. The Bertz CT molecular complexity index is 1040. The molecule has 0 saturated carbocycles. The minimum absolute atomic E-state index is 0.00254. The van der Waals surface area contributed by atoms with Crippen molar-refractivity contribution < 1.29 is 14.3 Å². The Hall–Kier alpha value is -2.80. The second-order valence-corrected chi connectivity index (χ2v) is 6.91. The van der Waals surface area contributed by atoms with Crippen LogP contribution in [0.2, 0.25) is 0 Å². The Morgan fingerprint density at radius 1 is 1.19 bits per heavy atom. The van der Waals surface area contributed by atoms with Crippen molar-refractivity contribution >= 4 is 33.3 Å². The van der Waals surface area contributed by atoms with Gasteiger partial charge in [0.25, 0.3) is 5.56 Å². The number of benzene rings is 1. The van der Waals surface area contributed by atoms with Crippen LogP contribution in [0.3, 0.4) is 0 Å². The molecule has 26 heavy (non-hydrogen) atoms. The second-order valence-electron chi connectivity index (χ2n) is 6.02. The molecular weight excluding hydrogens is 352 g/mol. The summed E-state index contributed by atoms with van der Waals surface area (Å²) in [7, 11) is 0. The molecule has 0 unspecified atom stereocenters. The van der Waals surface area contributed by atoms with E-state index in [1.165, 1.54) is 22.2 Å². The average Bonchev–Trinajstić information content (AvgIpc) is 3.11. The number of fused-ring (bicyclic) bond motifs is 1. The van der Waals surface area contributed by atoms with Gasteiger partial charge < -0.3 is 4.74 Å². The summed E-state index contributed by atoms with van der Waals surface area (Å²) in [4.78, 5) is 41.1. The molecule has 3 rings (SSSR count). The summed E-state index contributed by atoms with van der Waals surface area (Å²) in [6.45, 7) is 3.74. The van der Waals surface area contributed by atoms with E-state index >= 15 is 0 Å². The van der Waals surface area contributed by atoms with Crippen LogP contribution < -0.4 is 5.56 Å². The maximum absolute atomic E-state index is 12.2. The highest BCUT2D eigenvalue weighted by Gasteiger charge is 2.12. The van der Waals surface area contributed by atoms with E-state index in [0.29, 0.717) is 15.8 Å². The lowest BCUT2D eigenvalue weighted by molar-refractivity contribution is -0.142. The fourth-order valence-electron chi connectivity index (χ4n) is 2.48. The summed E-state index contributed by atoms with van der Waals surface area (Å²) in [5.74, 6) is -0.778. The number of nitrogens with zero attached hydrogens (tertiary/aromatic N) is 2. The third-order valence-electron chi connectivity index (χ3n) is 4.20. The van der Waals surface area contributed by atoms with Crippen LogP contribution in [-0.2, 0) is 16.1 Å². The van der Waals surface area contributed by atoms with Crippen LogP contribution in [-0.4, -0.2) is 27.9 Å². The number of hydrogen-bond acceptors (Lipinski definition) is 6. The van der Waals surface area contributed by atoms with Crippen molar-refractivity contribution in [2.24, 2.45) is 0 Å². The number of aryl methyl sites for hydroxylation is 3. The molecule has 3 aromatic rings. The summed E-state index contributed by atoms with van der Waals surface area (Å²) in [5, 5.41) is 2.34. The molecule has 1 aromatic carbocycles. The van der Waals surface area contributed by atoms with Gasteiger partial charge in [0.15, 0.2) is 12.4 Å². The number of thiophene rings is 1. The Labute approximate surface area is 154 Å². The molecule has 0 aliphatic rings. The second kappa shape index (κ2) is 7.61. The van der Waals surface area contributed by atoms with Gasteiger partial charge in [0.1, 0.15) is 4.83 Å². The number of aromatic nitrogens is 2. The van der Waals surface area contributed by atoms with E-state index in [2.05, 4.69) is 4.98 Å². The number of esters is 1. The predicted molar refractivity (Wildman–Crippen MR) is 99.7 cm³/mol. The lowest BCUT2D eigenvalue weighted by Crippen LogP contribution is -2.22. The largest absolute Gasteiger partial charge is 0.457 e. The highest BCUT2D eigenvalue weighted by Crippen LogP contribution is 2.13. The predicted octanol–water partition coefficient (Wildman–Crippen LogP) is 2.89. The molecule has 2 heterocycles. The zero-order valence-corrected chi connectivity index (χ0v) is 15.3. The first-order valence-corrected chi connectivity index (χ1v) is 9.02. The van der Waals surface area contributed by atoms with Gasteiger partial charge in [0.2, 0.25) is 0 Å². The van der Waals surface area contributed by atoms with Crippen molar-refractivity contribution in [1.29, 1.82) is 0 Å². The van der Waals surface area contributed by atoms with Crippen molar-refractivity contribution in [1.82, 2.24) is 9.55 Å². The molecule has 0 radical (unpaired) electrons. The van der Waals surface area contributed by atoms with Crippen LogP contribution in [0.25, 0.3) is 10.2 Å². The SMILES string of the molecule is Cc1ccc(C(=O)COC(=O)CCn2cnc3sccc3c2=O)cc1C. The Morgan fingerprint density at radius 2 is 2.00 bits per heavy atom. The third kappa shape index (κ3) is 3.88. The Balaban J connectivity index is 1.55. The van der Waals surface area contributed by atoms with E-state index in [9.17, 15) is 14.4 Å².